The summed E-state index contributed by atoms with van der Waals surface area (Å²) in [5.74, 6) is 0.741. The molecule has 8 heteroatoms. The van der Waals surface area contributed by atoms with Crippen LogP contribution in [0.5, 0.6) is 5.75 Å². The molecule has 0 radical (unpaired) electrons. The second-order valence-electron chi connectivity index (χ2n) is 11.4. The first-order chi connectivity index (χ1) is 19.5. The van der Waals surface area contributed by atoms with Crippen molar-refractivity contribution in [3.63, 3.8) is 0 Å². The lowest BCUT2D eigenvalue weighted by atomic mass is 9.97. The minimum atomic E-state index is -3.72. The van der Waals surface area contributed by atoms with E-state index >= 15 is 0 Å². The molecule has 2 saturated heterocycles. The predicted molar refractivity (Wildman–Crippen MR) is 157 cm³/mol. The Kier molecular flexibility index (Phi) is 8.10. The fraction of sp³-hybridized carbons (Fsp3) is 0.469. The van der Waals surface area contributed by atoms with Crippen LogP contribution in [-0.2, 0) is 21.4 Å². The molecule has 40 heavy (non-hydrogen) atoms. The Morgan fingerprint density at radius 2 is 1.68 bits per heavy atom. The van der Waals surface area contributed by atoms with Crippen molar-refractivity contribution >= 4 is 26.7 Å². The second kappa shape index (κ2) is 11.9. The molecule has 3 aliphatic heterocycles. The minimum Gasteiger partial charge on any atom is -0.493 e. The number of rotatable bonds is 7. The molecule has 6 rings (SSSR count). The summed E-state index contributed by atoms with van der Waals surface area (Å²) < 4.78 is 35.0. The average molecular weight is 562 g/mol. The summed E-state index contributed by atoms with van der Waals surface area (Å²) in [4.78, 5) is 16.1. The number of likely N-dealkylation sites (tertiary alicyclic amines) is 1. The Hall–Kier alpha value is -2.94. The smallest absolute Gasteiger partial charge is 0.243 e. The van der Waals surface area contributed by atoms with Crippen LogP contribution in [0, 0.1) is 0 Å². The lowest BCUT2D eigenvalue weighted by Gasteiger charge is -2.35. The summed E-state index contributed by atoms with van der Waals surface area (Å²) in [5.41, 5.74) is 2.25. The monoisotopic (exact) mass is 561 g/mol. The van der Waals surface area contributed by atoms with Gasteiger partial charge in [0.25, 0.3) is 0 Å². The van der Waals surface area contributed by atoms with Gasteiger partial charge in [0.05, 0.1) is 17.5 Å². The molecule has 7 nitrogen and oxygen atoms in total. The van der Waals surface area contributed by atoms with Crippen LogP contribution in [0.4, 0.5) is 0 Å². The highest BCUT2D eigenvalue weighted by atomic mass is 32.2. The van der Waals surface area contributed by atoms with E-state index in [2.05, 4.69) is 28.4 Å². The minimum absolute atomic E-state index is 0.110. The van der Waals surface area contributed by atoms with E-state index in [9.17, 15) is 13.2 Å². The summed E-state index contributed by atoms with van der Waals surface area (Å²) in [7, 11) is -3.72. The van der Waals surface area contributed by atoms with Gasteiger partial charge in [-0.2, -0.15) is 4.31 Å². The summed E-state index contributed by atoms with van der Waals surface area (Å²) in [5, 5.41) is 5.11. The molecule has 1 amide bonds. The van der Waals surface area contributed by atoms with Crippen molar-refractivity contribution in [2.45, 2.75) is 74.9 Å². The highest BCUT2D eigenvalue weighted by molar-refractivity contribution is 7.89. The van der Waals surface area contributed by atoms with Gasteiger partial charge in [0.1, 0.15) is 5.75 Å². The van der Waals surface area contributed by atoms with Gasteiger partial charge in [-0.15, -0.1) is 0 Å². The van der Waals surface area contributed by atoms with Crippen LogP contribution in [0.3, 0.4) is 0 Å². The molecule has 3 aliphatic rings. The van der Waals surface area contributed by atoms with E-state index in [0.717, 1.165) is 54.6 Å². The van der Waals surface area contributed by atoms with Crippen molar-refractivity contribution in [1.29, 1.82) is 0 Å². The van der Waals surface area contributed by atoms with Crippen molar-refractivity contribution < 1.29 is 17.9 Å². The molecular weight excluding hydrogens is 522 g/mol. The first-order valence-corrected chi connectivity index (χ1v) is 16.2. The van der Waals surface area contributed by atoms with Crippen LogP contribution >= 0.6 is 0 Å². The quantitative estimate of drug-likeness (QED) is 0.418. The van der Waals surface area contributed by atoms with Crippen molar-refractivity contribution in [3.8, 4) is 5.75 Å². The normalized spacial score (nSPS) is 22.4. The second-order valence-corrected chi connectivity index (χ2v) is 13.3. The van der Waals surface area contributed by atoms with Gasteiger partial charge < -0.3 is 10.1 Å². The van der Waals surface area contributed by atoms with E-state index in [4.69, 9.17) is 4.74 Å². The van der Waals surface area contributed by atoms with Crippen molar-refractivity contribution in [3.05, 3.63) is 71.8 Å². The van der Waals surface area contributed by atoms with Crippen LogP contribution in [-0.4, -0.2) is 55.8 Å². The van der Waals surface area contributed by atoms with Crippen LogP contribution < -0.4 is 10.1 Å². The summed E-state index contributed by atoms with van der Waals surface area (Å²) >= 11 is 0. The summed E-state index contributed by atoms with van der Waals surface area (Å²) in [6.45, 7) is 4.21. The Labute approximate surface area is 237 Å². The third-order valence-corrected chi connectivity index (χ3v) is 10.6. The maximum atomic E-state index is 13.7. The molecular formula is C32H39N3O4S. The molecule has 212 valence electrons. The Balaban J connectivity index is 1.13. The Morgan fingerprint density at radius 1 is 0.875 bits per heavy atom. The molecule has 0 spiro atoms. The highest BCUT2D eigenvalue weighted by Gasteiger charge is 2.35. The highest BCUT2D eigenvalue weighted by Crippen LogP contribution is 2.34. The van der Waals surface area contributed by atoms with Gasteiger partial charge in [0, 0.05) is 37.5 Å². The van der Waals surface area contributed by atoms with E-state index in [-0.39, 0.29) is 29.3 Å². The molecule has 3 aromatic carbocycles. The van der Waals surface area contributed by atoms with Crippen LogP contribution in [0.1, 0.15) is 68.5 Å². The molecule has 1 N–H and O–H groups in total. The number of hydrogen-bond donors (Lipinski definition) is 1. The fourth-order valence-electron chi connectivity index (χ4n) is 6.48. The number of ether oxygens (including phenoxy) is 1. The van der Waals surface area contributed by atoms with Gasteiger partial charge in [-0.1, -0.05) is 55.3 Å². The zero-order valence-electron chi connectivity index (χ0n) is 23.1. The standard InChI is InChI=1S/C32H39N3O4S/c36-32(33-30-15-19-39-31-20-24(11-14-29(30)31)23-34-16-5-1-6-17-34)22-27-10-4-7-18-35(27)40(37,38)28-13-12-25-8-2-3-9-26(25)21-28/h2-3,8-9,11-14,20-21,27,30H,1,4-7,10,15-19,22-23H2,(H,33,36)/t27-,30+/m0/s1. The third kappa shape index (κ3) is 5.90. The van der Waals surface area contributed by atoms with E-state index in [1.54, 1.807) is 16.4 Å². The van der Waals surface area contributed by atoms with Gasteiger partial charge in [-0.3, -0.25) is 9.69 Å². The maximum Gasteiger partial charge on any atom is 0.243 e. The number of piperidine rings is 2. The lowest BCUT2D eigenvalue weighted by molar-refractivity contribution is -0.123. The van der Waals surface area contributed by atoms with Crippen molar-refractivity contribution in [2.75, 3.05) is 26.2 Å². The maximum absolute atomic E-state index is 13.7. The van der Waals surface area contributed by atoms with Gasteiger partial charge in [0.2, 0.25) is 15.9 Å². The largest absolute Gasteiger partial charge is 0.493 e. The molecule has 0 aromatic heterocycles. The van der Waals surface area contributed by atoms with Gasteiger partial charge in [0.15, 0.2) is 0 Å². The number of fused-ring (bicyclic) bond motifs is 2. The number of hydrogen-bond acceptors (Lipinski definition) is 5. The van der Waals surface area contributed by atoms with Crippen LogP contribution in [0.25, 0.3) is 10.8 Å². The van der Waals surface area contributed by atoms with Crippen LogP contribution in [0.15, 0.2) is 65.6 Å². The summed E-state index contributed by atoms with van der Waals surface area (Å²) in [6, 6.07) is 18.9. The number of benzene rings is 3. The predicted octanol–water partition coefficient (Wildman–Crippen LogP) is 5.40. The van der Waals surface area contributed by atoms with E-state index in [1.165, 1.54) is 24.8 Å². The molecule has 0 aliphatic carbocycles. The molecule has 0 saturated carbocycles. The Morgan fingerprint density at radius 3 is 2.52 bits per heavy atom. The average Bonchev–Trinajstić information content (AvgIpc) is 2.97. The molecule has 0 unspecified atom stereocenters. The van der Waals surface area contributed by atoms with Crippen LogP contribution in [0.2, 0.25) is 0 Å². The SMILES string of the molecule is O=C(C[C@@H]1CCCCN1S(=O)(=O)c1ccc2ccccc2c1)N[C@@H]1CCOc2cc(CN3CCCCC3)ccc21. The number of carbonyl (C=O) groups excluding carboxylic acids is 1. The topological polar surface area (TPSA) is 79.0 Å². The molecule has 2 atom stereocenters. The van der Waals surface area contributed by atoms with E-state index < -0.39 is 10.0 Å². The summed E-state index contributed by atoms with van der Waals surface area (Å²) in [6.07, 6.45) is 7.11. The first-order valence-electron chi connectivity index (χ1n) is 14.8. The van der Waals surface area contributed by atoms with Crippen molar-refractivity contribution in [1.82, 2.24) is 14.5 Å². The van der Waals surface area contributed by atoms with Gasteiger partial charge >= 0.3 is 0 Å². The number of sulfonamides is 1. The molecule has 2 fully saturated rings. The molecule has 3 heterocycles. The zero-order valence-corrected chi connectivity index (χ0v) is 23.9. The van der Waals surface area contributed by atoms with E-state index in [0.29, 0.717) is 26.0 Å². The zero-order chi connectivity index (χ0) is 27.5. The van der Waals surface area contributed by atoms with Gasteiger partial charge in [-0.25, -0.2) is 8.42 Å². The number of carbonyl (C=O) groups is 1. The lowest BCUT2D eigenvalue weighted by Crippen LogP contribution is -2.46. The van der Waals surface area contributed by atoms with Crippen molar-refractivity contribution in [2.24, 2.45) is 0 Å². The fourth-order valence-corrected chi connectivity index (χ4v) is 8.21. The first kappa shape index (κ1) is 27.2. The van der Waals surface area contributed by atoms with Gasteiger partial charge in [-0.05, 0) is 73.3 Å². The number of nitrogens with zero attached hydrogens (tertiary/aromatic N) is 2. The Bertz CT molecular complexity index is 1470. The third-order valence-electron chi connectivity index (χ3n) is 8.63. The van der Waals surface area contributed by atoms with E-state index in [1.807, 2.05) is 30.3 Å². The number of nitrogens with one attached hydrogen (secondary N) is 1. The molecule has 3 aromatic rings. The number of amides is 1. The molecule has 0 bridgehead atoms.